The minimum absolute atomic E-state index is 0.569. The van der Waals surface area contributed by atoms with Gasteiger partial charge in [-0.05, 0) is 6.92 Å². The Morgan fingerprint density at radius 1 is 0.909 bits per heavy atom. The summed E-state index contributed by atoms with van der Waals surface area (Å²) in [5, 5.41) is 0. The van der Waals surface area contributed by atoms with Gasteiger partial charge in [0.1, 0.15) is 24.9 Å². The van der Waals surface area contributed by atoms with Crippen LogP contribution in [-0.2, 0) is 38.1 Å². The van der Waals surface area contributed by atoms with Crippen molar-refractivity contribution in [1.29, 1.82) is 0 Å². The van der Waals surface area contributed by atoms with Crippen molar-refractivity contribution in [3.05, 3.63) is 0 Å². The van der Waals surface area contributed by atoms with Crippen LogP contribution in [0.4, 0.5) is 0 Å². The number of carbonyl (C=O) groups is 3. The van der Waals surface area contributed by atoms with Gasteiger partial charge >= 0.3 is 17.9 Å². The molecule has 0 aliphatic carbocycles. The highest BCUT2D eigenvalue weighted by atomic mass is 16.6. The van der Waals surface area contributed by atoms with E-state index in [1.165, 1.54) is 35.0 Å². The Kier molecular flexibility index (Phi) is 8.46. The van der Waals surface area contributed by atoms with Crippen LogP contribution in [0.15, 0.2) is 0 Å². The van der Waals surface area contributed by atoms with E-state index in [0.717, 1.165) is 6.92 Å². The average Bonchev–Trinajstić information content (AvgIpc) is 2.40. The van der Waals surface area contributed by atoms with Gasteiger partial charge in [0.2, 0.25) is 0 Å². The standard InChI is InChI=1S/C14H24O8/c1-8(21-10(3)16)13(22-11(4)17)14(19-6)12(18-5)7-20-9(2)15/h8,12-14H,7H2,1-6H3/t8-,12+,13-,14+/m1/s1/i7D/t7?,8-,12+,13-,14+. The van der Waals surface area contributed by atoms with Crippen molar-refractivity contribution in [3.63, 3.8) is 0 Å². The lowest BCUT2D eigenvalue weighted by molar-refractivity contribution is -0.189. The van der Waals surface area contributed by atoms with Crippen LogP contribution in [0.2, 0.25) is 0 Å². The van der Waals surface area contributed by atoms with Crippen molar-refractivity contribution < 1.29 is 39.4 Å². The summed E-state index contributed by atoms with van der Waals surface area (Å²) in [4.78, 5) is 33.5. The van der Waals surface area contributed by atoms with Crippen molar-refractivity contribution >= 4 is 17.9 Å². The van der Waals surface area contributed by atoms with Crippen LogP contribution in [0.3, 0.4) is 0 Å². The largest absolute Gasteiger partial charge is 0.463 e. The molecule has 0 amide bonds. The predicted octanol–water partition coefficient (Wildman–Crippen LogP) is 0.463. The number of rotatable bonds is 9. The lowest BCUT2D eigenvalue weighted by atomic mass is 10.0. The van der Waals surface area contributed by atoms with Crippen molar-refractivity contribution in [2.45, 2.75) is 52.1 Å². The molecule has 8 heteroatoms. The van der Waals surface area contributed by atoms with Crippen LogP contribution >= 0.6 is 0 Å². The van der Waals surface area contributed by atoms with Crippen LogP contribution < -0.4 is 0 Å². The quantitative estimate of drug-likeness (QED) is 0.446. The summed E-state index contributed by atoms with van der Waals surface area (Å²) in [6, 6.07) is 0. The molecule has 0 saturated heterocycles. The lowest BCUT2D eigenvalue weighted by Gasteiger charge is -2.33. The molecule has 0 rings (SSSR count). The van der Waals surface area contributed by atoms with Gasteiger partial charge in [0.15, 0.2) is 6.10 Å². The third-order valence-electron chi connectivity index (χ3n) is 2.68. The van der Waals surface area contributed by atoms with Crippen LogP contribution in [0.25, 0.3) is 0 Å². The minimum Gasteiger partial charge on any atom is -0.463 e. The molecule has 0 bridgehead atoms. The zero-order valence-corrected chi connectivity index (χ0v) is 13.7. The molecule has 0 aliphatic rings. The van der Waals surface area contributed by atoms with E-state index >= 15 is 0 Å². The van der Waals surface area contributed by atoms with E-state index in [0.29, 0.717) is 0 Å². The Labute approximate surface area is 131 Å². The zero-order chi connectivity index (χ0) is 18.2. The summed E-state index contributed by atoms with van der Waals surface area (Å²) < 4.78 is 33.3. The molecule has 22 heavy (non-hydrogen) atoms. The molecule has 0 spiro atoms. The van der Waals surface area contributed by atoms with Crippen LogP contribution in [-0.4, -0.2) is 63.1 Å². The third-order valence-corrected chi connectivity index (χ3v) is 2.68. The van der Waals surface area contributed by atoms with Gasteiger partial charge < -0.3 is 23.7 Å². The number of hydrogen-bond donors (Lipinski definition) is 0. The number of hydrogen-bond acceptors (Lipinski definition) is 8. The number of carbonyl (C=O) groups excluding carboxylic acids is 3. The first-order valence-corrected chi connectivity index (χ1v) is 6.63. The van der Waals surface area contributed by atoms with E-state index < -0.39 is 48.9 Å². The topological polar surface area (TPSA) is 97.4 Å². The van der Waals surface area contributed by atoms with E-state index in [1.54, 1.807) is 0 Å². The molecule has 0 N–H and O–H groups in total. The molecule has 128 valence electrons. The fourth-order valence-corrected chi connectivity index (χ4v) is 1.84. The SMILES string of the molecule is [2H]C(OC(C)=O)[C@H](OC)[C@H](OC)[C@H](OC(C)=O)[C@@H](C)OC(C)=O. The van der Waals surface area contributed by atoms with Crippen molar-refractivity contribution in [1.82, 2.24) is 0 Å². The van der Waals surface area contributed by atoms with Gasteiger partial charge in [0.05, 0.1) is 1.37 Å². The molecule has 0 radical (unpaired) electrons. The van der Waals surface area contributed by atoms with Gasteiger partial charge in [-0.15, -0.1) is 0 Å². The van der Waals surface area contributed by atoms with E-state index in [4.69, 9.17) is 25.1 Å². The first-order chi connectivity index (χ1) is 10.6. The molecule has 5 atom stereocenters. The van der Waals surface area contributed by atoms with Crippen molar-refractivity contribution in [2.24, 2.45) is 0 Å². The first-order valence-electron chi connectivity index (χ1n) is 7.21. The van der Waals surface area contributed by atoms with E-state index in [1.807, 2.05) is 0 Å². The Hall–Kier alpha value is -1.67. The summed E-state index contributed by atoms with van der Waals surface area (Å²) in [5.74, 6) is -1.86. The first kappa shape index (κ1) is 18.4. The summed E-state index contributed by atoms with van der Waals surface area (Å²) in [5.41, 5.74) is 0. The monoisotopic (exact) mass is 321 g/mol. The average molecular weight is 321 g/mol. The summed E-state index contributed by atoms with van der Waals surface area (Å²) in [6.45, 7) is 3.65. The van der Waals surface area contributed by atoms with Crippen LogP contribution in [0, 0.1) is 0 Å². The molecular formula is C14H24O8. The Morgan fingerprint density at radius 2 is 1.45 bits per heavy atom. The third kappa shape index (κ3) is 7.37. The second kappa shape index (κ2) is 10.1. The van der Waals surface area contributed by atoms with E-state index in [2.05, 4.69) is 0 Å². The lowest BCUT2D eigenvalue weighted by Crippen LogP contribution is -2.50. The van der Waals surface area contributed by atoms with Crippen LogP contribution in [0.1, 0.15) is 29.1 Å². The van der Waals surface area contributed by atoms with Gasteiger partial charge in [-0.3, -0.25) is 14.4 Å². The van der Waals surface area contributed by atoms with Crippen molar-refractivity contribution in [3.8, 4) is 0 Å². The molecule has 0 aromatic rings. The summed E-state index contributed by atoms with van der Waals surface area (Å²) in [6.07, 6.45) is -3.97. The fraction of sp³-hybridized carbons (Fsp3) is 0.786. The maximum Gasteiger partial charge on any atom is 0.303 e. The smallest absolute Gasteiger partial charge is 0.303 e. The van der Waals surface area contributed by atoms with Gasteiger partial charge in [-0.2, -0.15) is 0 Å². The predicted molar refractivity (Wildman–Crippen MR) is 75.0 cm³/mol. The fourth-order valence-electron chi connectivity index (χ4n) is 1.84. The number of methoxy groups -OCH3 is 2. The maximum absolute atomic E-state index is 11.3. The highest BCUT2D eigenvalue weighted by molar-refractivity contribution is 5.67. The molecule has 0 saturated carbocycles. The molecule has 8 nitrogen and oxygen atoms in total. The van der Waals surface area contributed by atoms with Gasteiger partial charge in [-0.25, -0.2) is 0 Å². The minimum atomic E-state index is -1.41. The molecule has 0 heterocycles. The second-order valence-corrected chi connectivity index (χ2v) is 4.53. The zero-order valence-electron chi connectivity index (χ0n) is 14.7. The molecule has 0 aromatic heterocycles. The molecule has 0 aliphatic heterocycles. The second-order valence-electron chi connectivity index (χ2n) is 4.53. The van der Waals surface area contributed by atoms with Crippen molar-refractivity contribution in [2.75, 3.05) is 20.8 Å². The Bertz CT molecular complexity index is 414. The Morgan fingerprint density at radius 3 is 1.82 bits per heavy atom. The number of ether oxygens (including phenoxy) is 5. The highest BCUT2D eigenvalue weighted by Gasteiger charge is 2.38. The highest BCUT2D eigenvalue weighted by Crippen LogP contribution is 2.18. The summed E-state index contributed by atoms with van der Waals surface area (Å²) >= 11 is 0. The van der Waals surface area contributed by atoms with Gasteiger partial charge in [0.25, 0.3) is 0 Å². The van der Waals surface area contributed by atoms with Crippen LogP contribution in [0.5, 0.6) is 0 Å². The normalized spacial score (nSPS) is 18.2. The van der Waals surface area contributed by atoms with E-state index in [-0.39, 0.29) is 0 Å². The molecule has 0 fully saturated rings. The molecule has 1 unspecified atom stereocenters. The molecular weight excluding hydrogens is 296 g/mol. The number of esters is 3. The van der Waals surface area contributed by atoms with Gasteiger partial charge in [0, 0.05) is 35.0 Å². The maximum atomic E-state index is 11.3. The Balaban J connectivity index is 5.41. The molecule has 0 aromatic carbocycles. The van der Waals surface area contributed by atoms with E-state index in [9.17, 15) is 14.4 Å². The summed E-state index contributed by atoms with van der Waals surface area (Å²) in [7, 11) is 2.61. The van der Waals surface area contributed by atoms with Gasteiger partial charge in [-0.1, -0.05) is 0 Å².